The van der Waals surface area contributed by atoms with E-state index in [0.29, 0.717) is 31.4 Å². The van der Waals surface area contributed by atoms with Gasteiger partial charge in [-0.3, -0.25) is 4.79 Å². The summed E-state index contributed by atoms with van der Waals surface area (Å²) in [5.74, 6) is -1.95. The van der Waals surface area contributed by atoms with E-state index in [1.807, 2.05) is 0 Å². The Morgan fingerprint density at radius 1 is 1.22 bits per heavy atom. The van der Waals surface area contributed by atoms with Crippen LogP contribution in [0, 0.1) is 5.82 Å². The number of ether oxygens (including phenoxy) is 1. The molecule has 2 aromatic carbocycles. The van der Waals surface area contributed by atoms with Gasteiger partial charge in [0.25, 0.3) is 0 Å². The fraction of sp³-hybridized carbons (Fsp3) is 0.393. The number of hydrogen-bond donors (Lipinski definition) is 2. The van der Waals surface area contributed by atoms with Gasteiger partial charge in [-0.2, -0.15) is 13.2 Å². The highest BCUT2D eigenvalue weighted by Gasteiger charge is 2.34. The third-order valence-electron chi connectivity index (χ3n) is 7.59. The molecular formula is C28H28F4N4O4S. The predicted octanol–water partition coefficient (Wildman–Crippen LogP) is 5.50. The van der Waals surface area contributed by atoms with Crippen molar-refractivity contribution in [3.05, 3.63) is 63.7 Å². The summed E-state index contributed by atoms with van der Waals surface area (Å²) in [7, 11) is 3.11. The average Bonchev–Trinajstić information content (AvgIpc) is 3.77. The van der Waals surface area contributed by atoms with Crippen molar-refractivity contribution in [1.29, 1.82) is 0 Å². The van der Waals surface area contributed by atoms with Crippen molar-refractivity contribution in [2.75, 3.05) is 37.5 Å². The van der Waals surface area contributed by atoms with Crippen LogP contribution >= 0.6 is 12.2 Å². The van der Waals surface area contributed by atoms with Crippen LogP contribution < -0.4 is 20.4 Å². The number of rotatable bonds is 6. The van der Waals surface area contributed by atoms with E-state index < -0.39 is 34.5 Å². The van der Waals surface area contributed by atoms with Crippen LogP contribution in [-0.4, -0.2) is 58.9 Å². The fourth-order valence-corrected chi connectivity index (χ4v) is 5.62. The molecule has 1 aliphatic carbocycles. The molecule has 5 rings (SSSR count). The van der Waals surface area contributed by atoms with Crippen LogP contribution in [0.15, 0.2) is 41.3 Å². The molecule has 3 aromatic rings. The summed E-state index contributed by atoms with van der Waals surface area (Å²) >= 11 is 5.50. The van der Waals surface area contributed by atoms with Gasteiger partial charge < -0.3 is 29.5 Å². The normalized spacial score (nSPS) is 17.4. The summed E-state index contributed by atoms with van der Waals surface area (Å²) in [5, 5.41) is 12.6. The molecule has 41 heavy (non-hydrogen) atoms. The van der Waals surface area contributed by atoms with Crippen LogP contribution in [0.3, 0.4) is 0 Å². The molecule has 0 spiro atoms. The first kappa shape index (κ1) is 28.7. The molecule has 2 heterocycles. The smallest absolute Gasteiger partial charge is 0.416 e. The molecule has 2 aliphatic rings. The van der Waals surface area contributed by atoms with Gasteiger partial charge >= 0.3 is 12.1 Å². The zero-order chi connectivity index (χ0) is 29.6. The van der Waals surface area contributed by atoms with E-state index in [0.717, 1.165) is 31.0 Å². The number of halogens is 4. The number of alkyl halides is 3. The van der Waals surface area contributed by atoms with E-state index in [1.54, 1.807) is 21.4 Å². The zero-order valence-electron chi connectivity index (χ0n) is 22.3. The first-order valence-electron chi connectivity index (χ1n) is 13.0. The number of carboxylic acid groups (broad SMARTS) is 1. The van der Waals surface area contributed by atoms with Gasteiger partial charge in [0, 0.05) is 44.1 Å². The van der Waals surface area contributed by atoms with Gasteiger partial charge in [0.1, 0.15) is 11.3 Å². The summed E-state index contributed by atoms with van der Waals surface area (Å²) in [6.07, 6.45) is -0.240. The predicted molar refractivity (Wildman–Crippen MR) is 151 cm³/mol. The van der Waals surface area contributed by atoms with Crippen LogP contribution in [-0.2, 0) is 6.18 Å². The summed E-state index contributed by atoms with van der Waals surface area (Å²) in [5.41, 5.74) is -1.30. The molecular weight excluding hydrogens is 564 g/mol. The third-order valence-corrected chi connectivity index (χ3v) is 7.99. The number of hydrogen-bond acceptors (Lipinski definition) is 5. The maximum absolute atomic E-state index is 15.8. The van der Waals surface area contributed by atoms with Crippen LogP contribution in [0.4, 0.5) is 28.9 Å². The molecule has 1 atom stereocenters. The Hall–Kier alpha value is -3.87. The minimum atomic E-state index is -4.49. The largest absolute Gasteiger partial charge is 0.492 e. The highest BCUT2D eigenvalue weighted by Crippen LogP contribution is 2.44. The first-order chi connectivity index (χ1) is 19.4. The lowest BCUT2D eigenvalue weighted by molar-refractivity contribution is -0.137. The average molecular weight is 593 g/mol. The molecule has 218 valence electrons. The van der Waals surface area contributed by atoms with Crippen LogP contribution in [0.25, 0.3) is 10.9 Å². The van der Waals surface area contributed by atoms with E-state index in [9.17, 15) is 27.9 Å². The van der Waals surface area contributed by atoms with Gasteiger partial charge in [-0.25, -0.2) is 9.18 Å². The number of carbonyl (C=O) groups is 1. The molecule has 1 saturated heterocycles. The van der Waals surface area contributed by atoms with Crippen molar-refractivity contribution in [2.45, 2.75) is 43.9 Å². The molecule has 1 aromatic heterocycles. The molecule has 13 heteroatoms. The third kappa shape index (κ3) is 5.54. The molecule has 1 saturated carbocycles. The van der Waals surface area contributed by atoms with Crippen LogP contribution in [0.2, 0.25) is 0 Å². The topological polar surface area (TPSA) is 87.0 Å². The molecule has 2 N–H and O–H groups in total. The first-order valence-corrected chi connectivity index (χ1v) is 13.5. The maximum Gasteiger partial charge on any atom is 0.416 e. The molecule has 0 amide bonds. The molecule has 1 unspecified atom stereocenters. The second kappa shape index (κ2) is 10.8. The van der Waals surface area contributed by atoms with Crippen LogP contribution in [0.1, 0.15) is 47.6 Å². The minimum Gasteiger partial charge on any atom is -0.492 e. The van der Waals surface area contributed by atoms with Gasteiger partial charge in [0.05, 0.1) is 23.6 Å². The highest BCUT2D eigenvalue weighted by atomic mass is 32.1. The number of pyridine rings is 1. The van der Waals surface area contributed by atoms with Crippen molar-refractivity contribution in [3.8, 4) is 5.75 Å². The molecule has 0 radical (unpaired) electrons. The van der Waals surface area contributed by atoms with E-state index in [-0.39, 0.29) is 39.7 Å². The molecule has 0 bridgehead atoms. The SMILES string of the molecule is COc1c(N2CCCC(N(C)C(=S)Nc3cccc(C(F)(F)F)c3)C2)c(F)cc2c(=O)c(C(=O)O)cn(C3CC3)c12. The number of piperidine rings is 1. The maximum atomic E-state index is 15.8. The van der Waals surface area contributed by atoms with E-state index in [1.165, 1.54) is 25.4 Å². The Kier molecular flexibility index (Phi) is 7.58. The van der Waals surface area contributed by atoms with Gasteiger partial charge in [0.15, 0.2) is 16.7 Å². The summed E-state index contributed by atoms with van der Waals surface area (Å²) in [4.78, 5) is 28.3. The van der Waals surface area contributed by atoms with Crippen molar-refractivity contribution in [3.63, 3.8) is 0 Å². The van der Waals surface area contributed by atoms with Crippen molar-refractivity contribution >= 4 is 45.6 Å². The number of benzene rings is 2. The van der Waals surface area contributed by atoms with Gasteiger partial charge in [-0.05, 0) is 62.2 Å². The number of fused-ring (bicyclic) bond motifs is 1. The standard InChI is InChI=1S/C28H28F4N4O4S/c1-34(27(41)33-16-6-3-5-15(11-16)28(30,31)32)18-7-4-10-35(13-18)23-21(29)12-19-22(25(23)40-2)36(17-8-9-17)14-20(24(19)37)26(38)39/h3,5-6,11-12,14,17-18H,4,7-10,13H2,1-2H3,(H,33,41)(H,38,39). The summed E-state index contributed by atoms with van der Waals surface area (Å²) < 4.78 is 62.6. The lowest BCUT2D eigenvalue weighted by Gasteiger charge is -2.40. The quantitative estimate of drug-likeness (QED) is 0.287. The lowest BCUT2D eigenvalue weighted by atomic mass is 10.0. The minimum absolute atomic E-state index is 0.0251. The van der Waals surface area contributed by atoms with Gasteiger partial charge in [-0.15, -0.1) is 0 Å². The second-order valence-electron chi connectivity index (χ2n) is 10.3. The Labute approximate surface area is 238 Å². The number of nitrogens with zero attached hydrogens (tertiary/aromatic N) is 3. The molecule has 8 nitrogen and oxygen atoms in total. The number of methoxy groups -OCH3 is 1. The second-order valence-corrected chi connectivity index (χ2v) is 10.7. The molecule has 2 fully saturated rings. The monoisotopic (exact) mass is 592 g/mol. The summed E-state index contributed by atoms with van der Waals surface area (Å²) in [6.45, 7) is 0.804. The number of thiocarbonyl (C=S) groups is 1. The Balaban J connectivity index is 1.45. The fourth-order valence-electron chi connectivity index (χ4n) is 5.35. The Morgan fingerprint density at radius 3 is 2.59 bits per heavy atom. The van der Waals surface area contributed by atoms with Gasteiger partial charge in [0.2, 0.25) is 5.43 Å². The lowest BCUT2D eigenvalue weighted by Crippen LogP contribution is -2.50. The number of aromatic nitrogens is 1. The highest BCUT2D eigenvalue weighted by molar-refractivity contribution is 7.80. The van der Waals surface area contributed by atoms with Crippen LogP contribution in [0.5, 0.6) is 5.75 Å². The van der Waals surface area contributed by atoms with E-state index in [2.05, 4.69) is 5.32 Å². The summed E-state index contributed by atoms with van der Waals surface area (Å²) in [6, 6.07) is 5.59. The number of carboxylic acids is 1. The zero-order valence-corrected chi connectivity index (χ0v) is 23.1. The van der Waals surface area contributed by atoms with Crippen molar-refractivity contribution in [1.82, 2.24) is 9.47 Å². The van der Waals surface area contributed by atoms with E-state index in [4.69, 9.17) is 17.0 Å². The molecule has 1 aliphatic heterocycles. The number of aromatic carboxylic acids is 1. The number of likely N-dealkylation sites (N-methyl/N-ethyl adjacent to an activating group) is 1. The number of anilines is 2. The van der Waals surface area contributed by atoms with Crippen molar-refractivity contribution in [2.24, 2.45) is 0 Å². The Bertz CT molecular complexity index is 1590. The Morgan fingerprint density at radius 2 is 1.95 bits per heavy atom. The number of nitrogens with one attached hydrogen (secondary N) is 1. The van der Waals surface area contributed by atoms with Crippen molar-refractivity contribution < 1.29 is 32.2 Å². The van der Waals surface area contributed by atoms with Gasteiger partial charge in [-0.1, -0.05) is 6.07 Å². The van der Waals surface area contributed by atoms with E-state index >= 15 is 4.39 Å².